The number of aliphatic hydroxyl groups is 2. The molecule has 2 aliphatic carbocycles. The molecule has 0 unspecified atom stereocenters. The van der Waals surface area contributed by atoms with Crippen molar-refractivity contribution >= 4 is 41.5 Å². The summed E-state index contributed by atoms with van der Waals surface area (Å²) in [5.41, 5.74) is 3.65. The van der Waals surface area contributed by atoms with Crippen LogP contribution in [0.1, 0.15) is 106 Å². The van der Waals surface area contributed by atoms with Gasteiger partial charge in [0.05, 0.1) is 194 Å². The van der Waals surface area contributed by atoms with E-state index in [0.717, 1.165) is 5.56 Å². The Labute approximate surface area is 619 Å². The predicted octanol–water partition coefficient (Wildman–Crippen LogP) is 3.83. The van der Waals surface area contributed by atoms with Crippen molar-refractivity contribution < 1.29 is 76.9 Å². The third kappa shape index (κ3) is 26.1. The molecule has 2 aliphatic heterocycles. The van der Waals surface area contributed by atoms with Crippen LogP contribution in [-0.4, -0.2) is 234 Å². The number of rotatable bonds is 55. The number of hydrogen-bond acceptors (Lipinski definition) is 24. The minimum absolute atomic E-state index is 0.00980. The van der Waals surface area contributed by atoms with Gasteiger partial charge in [0.1, 0.15) is 22.8 Å². The summed E-state index contributed by atoms with van der Waals surface area (Å²) in [6, 6.07) is 9.85. The summed E-state index contributed by atoms with van der Waals surface area (Å²) in [6.07, 6.45) is 22.4. The molecule has 4 aromatic heterocycles. The zero-order valence-electron chi connectivity index (χ0n) is 61.4. The molecular weight excluding hydrogens is 1370 g/mol. The molecule has 1 aromatic carbocycles. The molecule has 0 spiro atoms. The molecule has 0 bridgehead atoms. The van der Waals surface area contributed by atoms with Crippen LogP contribution in [0.25, 0.3) is 6.08 Å². The van der Waals surface area contributed by atoms with Crippen LogP contribution in [0.4, 0.5) is 0 Å². The highest BCUT2D eigenvalue weighted by atomic mass is 16.6. The Kier molecular flexibility index (Phi) is 34.6. The Bertz CT molecular complexity index is 3550. The van der Waals surface area contributed by atoms with E-state index in [9.17, 15) is 28.8 Å². The molecule has 4 fully saturated rings. The van der Waals surface area contributed by atoms with Gasteiger partial charge in [-0.1, -0.05) is 108 Å². The number of carbonyl (C=O) groups excluding carboxylic acids is 6. The van der Waals surface area contributed by atoms with Gasteiger partial charge < -0.3 is 58.7 Å². The molecule has 2 saturated carbocycles. The molecule has 2 saturated heterocycles. The molecule has 5 aromatic rings. The monoisotopic (exact) mass is 1480 g/mol. The number of benzene rings is 1. The molecule has 10 atom stereocenters. The van der Waals surface area contributed by atoms with Crippen molar-refractivity contribution in [3.63, 3.8) is 0 Å². The van der Waals surface area contributed by atoms with Gasteiger partial charge in [0.25, 0.3) is 0 Å². The van der Waals surface area contributed by atoms with Crippen molar-refractivity contribution in [2.75, 3.05) is 119 Å². The highest BCUT2D eigenvalue weighted by Gasteiger charge is 2.59. The second kappa shape index (κ2) is 44.8. The minimum Gasteiger partial charge on any atom is -0.394 e. The van der Waals surface area contributed by atoms with E-state index in [2.05, 4.69) is 64.5 Å². The normalized spacial score (nSPS) is 20.6. The van der Waals surface area contributed by atoms with Crippen LogP contribution in [0, 0.1) is 59.2 Å². The average molecular weight is 1480 g/mol. The van der Waals surface area contributed by atoms with E-state index >= 15 is 0 Å². The van der Waals surface area contributed by atoms with E-state index in [1.54, 1.807) is 37.2 Å². The molecular formula is C74H108N16O16. The van der Waals surface area contributed by atoms with E-state index in [-0.39, 0.29) is 123 Å². The first-order valence-corrected chi connectivity index (χ1v) is 37.5. The number of aromatic nitrogens is 12. The summed E-state index contributed by atoms with van der Waals surface area (Å²) in [7, 11) is 0. The van der Waals surface area contributed by atoms with E-state index < -0.39 is 23.7 Å². The van der Waals surface area contributed by atoms with Gasteiger partial charge in [-0.15, -0.1) is 27.0 Å². The van der Waals surface area contributed by atoms with Crippen molar-refractivity contribution in [2.45, 2.75) is 131 Å². The highest BCUT2D eigenvalue weighted by Crippen LogP contribution is 2.52. The van der Waals surface area contributed by atoms with Crippen LogP contribution in [0.3, 0.4) is 0 Å². The predicted molar refractivity (Wildman–Crippen MR) is 383 cm³/mol. The maximum Gasteiger partial charge on any atom is 0.233 e. The average Bonchev–Trinajstić information content (AvgIpc) is 1.59. The first-order chi connectivity index (χ1) is 51.8. The molecule has 4 N–H and O–H groups in total. The number of fused-ring (bicyclic) bond motifs is 2. The van der Waals surface area contributed by atoms with Gasteiger partial charge in [0.2, 0.25) is 35.4 Å². The molecule has 580 valence electrons. The van der Waals surface area contributed by atoms with Crippen LogP contribution in [-0.2, 0) is 119 Å². The number of likely N-dealkylation sites (tertiary alicyclic amines) is 2. The van der Waals surface area contributed by atoms with Crippen molar-refractivity contribution in [2.24, 2.45) is 59.2 Å². The third-order valence-corrected chi connectivity index (χ3v) is 19.2. The lowest BCUT2D eigenvalue weighted by molar-refractivity contribution is -0.142. The number of hydrogen-bond donors (Lipinski definition) is 4. The number of amides is 6. The van der Waals surface area contributed by atoms with Gasteiger partial charge >= 0.3 is 0 Å². The highest BCUT2D eigenvalue weighted by molar-refractivity contribution is 6.07. The Morgan fingerprint density at radius 3 is 1.28 bits per heavy atom. The van der Waals surface area contributed by atoms with Crippen molar-refractivity contribution in [1.82, 2.24) is 80.4 Å². The quantitative estimate of drug-likeness (QED) is 0.0244. The SMILES string of the molecule is C=C[C@H]1C[C@@H](/C=C\[C@H]2C[C@@H](C=Cc3ccccc3)[C@H]3C(=O)N(CCCCCC(=O)NCc4cn(C[C@@H](C)COCc5cn(CCOCCOCCOCCO)nn5)nn4)C(=O)[C@H]32)[C@H]2C(=O)N(CCCCCC(=O)NCc3cn(C[C@H](C)COCc4cn(CCOCCOCCOCCO)nn4)nn3)C(=O)[C@H]21. The number of unbranched alkanes of at least 4 members (excludes halogenated alkanes) is 4. The summed E-state index contributed by atoms with van der Waals surface area (Å²) in [5, 5.41) is 57.0. The van der Waals surface area contributed by atoms with Crippen LogP contribution in [0.2, 0.25) is 0 Å². The summed E-state index contributed by atoms with van der Waals surface area (Å²) < 4.78 is 51.0. The minimum atomic E-state index is -0.574. The summed E-state index contributed by atoms with van der Waals surface area (Å²) in [5.74, 6) is -3.97. The number of imide groups is 2. The third-order valence-electron chi connectivity index (χ3n) is 19.2. The fourth-order valence-electron chi connectivity index (χ4n) is 14.0. The van der Waals surface area contributed by atoms with Gasteiger partial charge in [-0.2, -0.15) is 0 Å². The number of nitrogens with one attached hydrogen (secondary N) is 2. The molecule has 32 nitrogen and oxygen atoms in total. The molecule has 6 amide bonds. The number of aliphatic hydroxyl groups excluding tert-OH is 2. The van der Waals surface area contributed by atoms with Crippen LogP contribution < -0.4 is 10.6 Å². The molecule has 0 radical (unpaired) electrons. The Hall–Kier alpha value is -8.18. The van der Waals surface area contributed by atoms with Gasteiger partial charge in [0, 0.05) is 39.0 Å². The zero-order valence-corrected chi connectivity index (χ0v) is 61.4. The first-order valence-electron chi connectivity index (χ1n) is 37.5. The Morgan fingerprint density at radius 1 is 0.472 bits per heavy atom. The van der Waals surface area contributed by atoms with Crippen molar-refractivity contribution in [3.8, 4) is 0 Å². The summed E-state index contributed by atoms with van der Waals surface area (Å²) in [6.45, 7) is 17.9. The maximum absolute atomic E-state index is 14.5. The fraction of sp³-hybridized carbons (Fsp3) is 0.649. The topological polar surface area (TPSA) is 370 Å². The Morgan fingerprint density at radius 2 is 0.849 bits per heavy atom. The number of carbonyl (C=O) groups is 6. The molecule has 9 rings (SSSR count). The van der Waals surface area contributed by atoms with Gasteiger partial charge in [-0.3, -0.25) is 47.9 Å². The van der Waals surface area contributed by atoms with Gasteiger partial charge in [-0.05, 0) is 79.6 Å². The molecule has 106 heavy (non-hydrogen) atoms. The number of nitrogens with zero attached hydrogens (tertiary/aromatic N) is 14. The first kappa shape index (κ1) is 81.9. The van der Waals surface area contributed by atoms with Crippen LogP contribution >= 0.6 is 0 Å². The lowest BCUT2D eigenvalue weighted by atomic mass is 9.86. The summed E-state index contributed by atoms with van der Waals surface area (Å²) >= 11 is 0. The van der Waals surface area contributed by atoms with Crippen molar-refractivity contribution in [1.29, 1.82) is 0 Å². The van der Waals surface area contributed by atoms with Crippen molar-refractivity contribution in [3.05, 3.63) is 114 Å². The lowest BCUT2D eigenvalue weighted by Gasteiger charge is -2.20. The lowest BCUT2D eigenvalue weighted by Crippen LogP contribution is -2.34. The van der Waals surface area contributed by atoms with Gasteiger partial charge in [-0.25, -0.2) is 9.36 Å². The summed E-state index contributed by atoms with van der Waals surface area (Å²) in [4.78, 5) is 85.9. The molecule has 32 heteroatoms. The van der Waals surface area contributed by atoms with Crippen LogP contribution in [0.15, 0.2) is 86.0 Å². The van der Waals surface area contributed by atoms with E-state index in [4.69, 9.17) is 48.1 Å². The maximum atomic E-state index is 14.5. The Balaban J connectivity index is 0.643. The second-order valence-corrected chi connectivity index (χ2v) is 27.6. The smallest absolute Gasteiger partial charge is 0.233 e. The number of allylic oxidation sites excluding steroid dienone is 4. The second-order valence-electron chi connectivity index (χ2n) is 27.6. The standard InChI is InChI=1S/C74H108N16O16/c1-4-57-40-59(68-67(57)71(95)89(72(68)96)22-12-6-10-16-65(93)75-42-61-46-87(83-77-61)44-54(2)50-105-52-63-48-85(81-79-63)24-28-99-32-36-103-38-34-101-30-26-91)20-21-60-41-58(19-18-56-14-8-5-9-15-56)69-70(60)74(98)90(73(69)97)23-13-7-11-17-66(94)76-43-62-47-88(84-78-62)45-55(3)51-106-53-64-49-86(82-80-64)25-29-100-33-37-104-39-35-102-31-27-92/h4-5,8-9,14-15,18-21,46-49,54-55,57-60,67-70,91-92H,1,6-7,10-13,16-17,22-45,50-53H2,2-3H3,(H,75,93)(H,76,94)/b19-18?,21-20-/t54-,55+,57-,58+,59+,60-,67-,68+,69+,70-/m0/s1. The number of ether oxygens (including phenoxy) is 8. The van der Waals surface area contributed by atoms with E-state index in [1.165, 1.54) is 9.80 Å². The zero-order chi connectivity index (χ0) is 74.7. The van der Waals surface area contributed by atoms with Crippen LogP contribution in [0.5, 0.6) is 0 Å². The molecule has 6 heterocycles. The molecule has 4 aliphatic rings. The fourth-order valence-corrected chi connectivity index (χ4v) is 14.0. The largest absolute Gasteiger partial charge is 0.394 e. The van der Waals surface area contributed by atoms with E-state index in [1.807, 2.05) is 74.8 Å². The van der Waals surface area contributed by atoms with Gasteiger partial charge in [0.15, 0.2) is 0 Å². The van der Waals surface area contributed by atoms with E-state index in [0.29, 0.717) is 206 Å².